The van der Waals surface area contributed by atoms with Crippen molar-refractivity contribution in [1.82, 2.24) is 0 Å². The smallest absolute Gasteiger partial charge is 0.307 e. The fourth-order valence-corrected chi connectivity index (χ4v) is 0.469. The van der Waals surface area contributed by atoms with Crippen molar-refractivity contribution in [1.29, 1.82) is 0 Å². The second-order valence-electron chi connectivity index (χ2n) is 2.29. The highest BCUT2D eigenvalue weighted by Gasteiger charge is 2.02. The van der Waals surface area contributed by atoms with Gasteiger partial charge in [-0.2, -0.15) is 0 Å². The van der Waals surface area contributed by atoms with Crippen LogP contribution in [0.15, 0.2) is 0 Å². The fraction of sp³-hybridized carbons (Fsp3) is 0.714. The predicted molar refractivity (Wildman–Crippen MR) is 36.0 cm³/mol. The molecule has 1 N–H and O–H groups in total. The lowest BCUT2D eigenvalue weighted by Crippen LogP contribution is -2.00. The van der Waals surface area contributed by atoms with Crippen molar-refractivity contribution >= 4 is 5.97 Å². The molecule has 0 rings (SSSR count). The molecule has 0 amide bonds. The molecule has 1 atom stereocenters. The molecule has 53 valence electrons. The summed E-state index contributed by atoms with van der Waals surface area (Å²) in [6.45, 7) is 4.10. The number of carbonyl (C=O) groups is 1. The molecule has 0 saturated heterocycles. The summed E-state index contributed by atoms with van der Waals surface area (Å²) in [5, 5.41) is 8.20. The van der Waals surface area contributed by atoms with E-state index in [9.17, 15) is 4.79 Å². The number of aliphatic carboxylic acids is 1. The molecule has 0 aromatic rings. The van der Waals surface area contributed by atoms with Gasteiger partial charge in [0.15, 0.2) is 0 Å². The van der Waals surface area contributed by atoms with E-state index < -0.39 is 5.97 Å². The Hall–Kier alpha value is -0.530. The molecule has 2 heteroatoms. The van der Waals surface area contributed by atoms with Gasteiger partial charge in [0.2, 0.25) is 0 Å². The number of carboxylic acids is 1. The summed E-state index contributed by atoms with van der Waals surface area (Å²) < 4.78 is 0. The van der Waals surface area contributed by atoms with Crippen molar-refractivity contribution in [3.63, 3.8) is 0 Å². The van der Waals surface area contributed by atoms with Gasteiger partial charge in [-0.1, -0.05) is 20.3 Å². The first-order chi connectivity index (χ1) is 4.16. The zero-order chi connectivity index (χ0) is 7.28. The van der Waals surface area contributed by atoms with Gasteiger partial charge in [0.25, 0.3) is 0 Å². The first-order valence-electron chi connectivity index (χ1n) is 3.23. The lowest BCUT2D eigenvalue weighted by Gasteiger charge is -2.03. The SMILES string of the molecule is CCC(C)C[CH]C(=O)O. The lowest BCUT2D eigenvalue weighted by molar-refractivity contribution is -0.133. The third kappa shape index (κ3) is 5.34. The van der Waals surface area contributed by atoms with E-state index in [1.54, 1.807) is 0 Å². The first-order valence-corrected chi connectivity index (χ1v) is 3.23. The highest BCUT2D eigenvalue weighted by atomic mass is 16.4. The highest BCUT2D eigenvalue weighted by Crippen LogP contribution is 2.07. The van der Waals surface area contributed by atoms with Gasteiger partial charge in [0.05, 0.1) is 6.42 Å². The summed E-state index contributed by atoms with van der Waals surface area (Å²) in [5.41, 5.74) is 0. The van der Waals surface area contributed by atoms with Crippen LogP contribution in [-0.4, -0.2) is 11.1 Å². The molecular formula is C7H13O2. The van der Waals surface area contributed by atoms with Crippen LogP contribution >= 0.6 is 0 Å². The van der Waals surface area contributed by atoms with Crippen LogP contribution in [0.5, 0.6) is 0 Å². The maximum atomic E-state index is 9.96. The van der Waals surface area contributed by atoms with Gasteiger partial charge in [0, 0.05) is 0 Å². The van der Waals surface area contributed by atoms with Crippen LogP contribution in [0.3, 0.4) is 0 Å². The van der Waals surface area contributed by atoms with E-state index in [2.05, 4.69) is 6.92 Å². The molecule has 0 aliphatic rings. The van der Waals surface area contributed by atoms with Gasteiger partial charge < -0.3 is 5.11 Å². The van der Waals surface area contributed by atoms with E-state index in [0.717, 1.165) is 6.42 Å². The molecule has 1 unspecified atom stereocenters. The Labute approximate surface area is 55.9 Å². The standard InChI is InChI=1S/C7H13O2/c1-3-6(2)4-5-7(8)9/h5-6H,3-4H2,1-2H3,(H,8,9). The van der Waals surface area contributed by atoms with Crippen LogP contribution in [0, 0.1) is 12.3 Å². The number of hydrogen-bond acceptors (Lipinski definition) is 1. The number of carboxylic acid groups (broad SMARTS) is 1. The summed E-state index contributed by atoms with van der Waals surface area (Å²) in [4.78, 5) is 9.96. The second kappa shape index (κ2) is 4.36. The zero-order valence-electron chi connectivity index (χ0n) is 5.92. The monoisotopic (exact) mass is 129 g/mol. The fourth-order valence-electron chi connectivity index (χ4n) is 0.469. The van der Waals surface area contributed by atoms with Gasteiger partial charge in [-0.05, 0) is 12.3 Å². The predicted octanol–water partition coefficient (Wildman–Crippen LogP) is 1.71. The quantitative estimate of drug-likeness (QED) is 0.627. The zero-order valence-corrected chi connectivity index (χ0v) is 5.92. The lowest BCUT2D eigenvalue weighted by atomic mass is 10.0. The largest absolute Gasteiger partial charge is 0.481 e. The maximum Gasteiger partial charge on any atom is 0.307 e. The van der Waals surface area contributed by atoms with E-state index in [-0.39, 0.29) is 0 Å². The average molecular weight is 129 g/mol. The molecule has 0 saturated carbocycles. The summed E-state index contributed by atoms with van der Waals surface area (Å²) in [6, 6.07) is 0. The summed E-state index contributed by atoms with van der Waals surface area (Å²) in [5.74, 6) is -0.309. The number of rotatable bonds is 4. The van der Waals surface area contributed by atoms with Crippen LogP contribution in [0.1, 0.15) is 26.7 Å². The Morgan fingerprint density at radius 3 is 2.67 bits per heavy atom. The molecule has 9 heavy (non-hydrogen) atoms. The van der Waals surface area contributed by atoms with E-state index >= 15 is 0 Å². The number of hydrogen-bond donors (Lipinski definition) is 1. The van der Waals surface area contributed by atoms with Crippen molar-refractivity contribution < 1.29 is 9.90 Å². The Bertz CT molecular complexity index is 88.9. The van der Waals surface area contributed by atoms with E-state index in [4.69, 9.17) is 5.11 Å². The van der Waals surface area contributed by atoms with Crippen LogP contribution in [-0.2, 0) is 4.79 Å². The van der Waals surface area contributed by atoms with Crippen molar-refractivity contribution in [2.45, 2.75) is 26.7 Å². The first kappa shape index (κ1) is 8.47. The van der Waals surface area contributed by atoms with Crippen molar-refractivity contribution in [2.24, 2.45) is 5.92 Å². The minimum absolute atomic E-state index is 0.501. The Kier molecular flexibility index (Phi) is 4.10. The van der Waals surface area contributed by atoms with Crippen LogP contribution in [0.2, 0.25) is 0 Å². The molecule has 0 aliphatic carbocycles. The Balaban J connectivity index is 3.16. The molecule has 2 nitrogen and oxygen atoms in total. The molecule has 1 radical (unpaired) electrons. The second-order valence-corrected chi connectivity index (χ2v) is 2.29. The highest BCUT2D eigenvalue weighted by molar-refractivity contribution is 5.76. The van der Waals surface area contributed by atoms with E-state index in [0.29, 0.717) is 12.3 Å². The van der Waals surface area contributed by atoms with Crippen LogP contribution in [0.25, 0.3) is 0 Å². The van der Waals surface area contributed by atoms with Gasteiger partial charge >= 0.3 is 5.97 Å². The minimum atomic E-state index is -0.810. The Morgan fingerprint density at radius 2 is 2.33 bits per heavy atom. The molecule has 0 fully saturated rings. The topological polar surface area (TPSA) is 37.3 Å². The minimum Gasteiger partial charge on any atom is -0.481 e. The Morgan fingerprint density at radius 1 is 1.78 bits per heavy atom. The maximum absolute atomic E-state index is 9.96. The van der Waals surface area contributed by atoms with Gasteiger partial charge in [-0.3, -0.25) is 4.79 Å². The summed E-state index contributed by atoms with van der Waals surface area (Å²) in [7, 11) is 0. The molecule has 0 aliphatic heterocycles. The molecule has 0 aromatic heterocycles. The van der Waals surface area contributed by atoms with Crippen molar-refractivity contribution in [3.8, 4) is 0 Å². The third-order valence-electron chi connectivity index (χ3n) is 1.39. The average Bonchev–Trinajstić information content (AvgIpc) is 1.83. The summed E-state index contributed by atoms with van der Waals surface area (Å²) in [6.07, 6.45) is 3.05. The van der Waals surface area contributed by atoms with Crippen LogP contribution < -0.4 is 0 Å². The molecule has 0 bridgehead atoms. The molecule has 0 spiro atoms. The van der Waals surface area contributed by atoms with E-state index in [1.165, 1.54) is 6.42 Å². The van der Waals surface area contributed by atoms with Gasteiger partial charge in [-0.15, -0.1) is 0 Å². The van der Waals surface area contributed by atoms with Gasteiger partial charge in [0.1, 0.15) is 0 Å². The summed E-state index contributed by atoms with van der Waals surface area (Å²) >= 11 is 0. The van der Waals surface area contributed by atoms with E-state index in [1.807, 2.05) is 6.92 Å². The molecule has 0 heterocycles. The van der Waals surface area contributed by atoms with Gasteiger partial charge in [-0.25, -0.2) is 0 Å². The normalized spacial score (nSPS) is 13.1. The van der Waals surface area contributed by atoms with Crippen molar-refractivity contribution in [2.75, 3.05) is 0 Å². The van der Waals surface area contributed by atoms with Crippen LogP contribution in [0.4, 0.5) is 0 Å². The molecular weight excluding hydrogens is 116 g/mol. The third-order valence-corrected chi connectivity index (χ3v) is 1.39. The van der Waals surface area contributed by atoms with Crippen molar-refractivity contribution in [3.05, 3.63) is 6.42 Å². The molecule has 0 aromatic carbocycles.